The van der Waals surface area contributed by atoms with Gasteiger partial charge in [0.05, 0.1) is 9.13 Å². The third-order valence-corrected chi connectivity index (χ3v) is 2.24. The normalized spacial score (nSPS) is 10.6. The van der Waals surface area contributed by atoms with Crippen LogP contribution in [0.5, 0.6) is 0 Å². The molecule has 0 atom stereocenters. The molecule has 0 aromatic carbocycles. The van der Waals surface area contributed by atoms with Gasteiger partial charge in [0.25, 0.3) is 6.43 Å². The smallest absolute Gasteiger partial charge is 0.358 e. The molecule has 0 fully saturated rings. The summed E-state index contributed by atoms with van der Waals surface area (Å²) in [5.41, 5.74) is -0.979. The summed E-state index contributed by atoms with van der Waals surface area (Å²) in [6, 6.07) is 0. The molecule has 4 nitrogen and oxygen atoms in total. The van der Waals surface area contributed by atoms with Gasteiger partial charge in [0, 0.05) is 0 Å². The van der Waals surface area contributed by atoms with Gasteiger partial charge >= 0.3 is 5.82 Å². The van der Waals surface area contributed by atoms with Crippen LogP contribution in [0.1, 0.15) is 12.0 Å². The van der Waals surface area contributed by atoms with Crippen LogP contribution in [0, 0.1) is 19.5 Å². The monoisotopic (exact) mass is 318 g/mol. The van der Waals surface area contributed by atoms with E-state index in [1.54, 1.807) is 0 Å². The predicted molar refractivity (Wildman–Crippen MR) is 48.5 cm³/mol. The molecule has 0 radical (unpaired) electrons. The largest absolute Gasteiger partial charge is 0.400 e. The minimum absolute atomic E-state index is 0.138. The van der Waals surface area contributed by atoms with Gasteiger partial charge in [-0.1, -0.05) is 0 Å². The Morgan fingerprint density at radius 3 is 2.57 bits per heavy atom. The topological polar surface area (TPSA) is 56.0 Å². The number of nitro groups is 1. The van der Waals surface area contributed by atoms with Gasteiger partial charge in [0.2, 0.25) is 5.82 Å². The van der Waals surface area contributed by atoms with Gasteiger partial charge in [0.1, 0.15) is 0 Å². The quantitative estimate of drug-likeness (QED) is 0.478. The first-order chi connectivity index (χ1) is 6.45. The Kier molecular flexibility index (Phi) is 3.24. The van der Waals surface area contributed by atoms with Gasteiger partial charge in [-0.3, -0.25) is 0 Å². The molecule has 0 unspecified atom stereocenters. The molecule has 0 saturated heterocycles. The minimum atomic E-state index is -3.09. The first-order valence-corrected chi connectivity index (χ1v) is 4.29. The molecule has 0 saturated carbocycles. The lowest BCUT2D eigenvalue weighted by molar-refractivity contribution is -0.392. The highest BCUT2D eigenvalue weighted by molar-refractivity contribution is 14.1. The fourth-order valence-electron chi connectivity index (χ4n) is 0.797. The van der Waals surface area contributed by atoms with E-state index in [1.807, 2.05) is 0 Å². The number of nitrogens with zero attached hydrogens (tertiary/aromatic N) is 2. The Morgan fingerprint density at radius 1 is 1.57 bits per heavy atom. The van der Waals surface area contributed by atoms with Crippen LogP contribution in [0.4, 0.5) is 19.0 Å². The van der Waals surface area contributed by atoms with Gasteiger partial charge in [-0.25, -0.2) is 8.78 Å². The summed E-state index contributed by atoms with van der Waals surface area (Å²) in [5, 5.41) is 10.2. The third-order valence-electron chi connectivity index (χ3n) is 1.38. The fourth-order valence-corrected chi connectivity index (χ4v) is 1.41. The highest BCUT2D eigenvalue weighted by atomic mass is 127. The lowest BCUT2D eigenvalue weighted by Crippen LogP contribution is -2.03. The van der Waals surface area contributed by atoms with Crippen LogP contribution in [0.25, 0.3) is 0 Å². The van der Waals surface area contributed by atoms with Crippen molar-refractivity contribution in [2.45, 2.75) is 6.43 Å². The summed E-state index contributed by atoms with van der Waals surface area (Å²) in [5.74, 6) is -2.75. The van der Waals surface area contributed by atoms with Crippen molar-refractivity contribution in [1.82, 2.24) is 4.98 Å². The van der Waals surface area contributed by atoms with Crippen LogP contribution in [-0.2, 0) is 0 Å². The molecular weight excluding hydrogens is 316 g/mol. The second kappa shape index (κ2) is 4.07. The number of alkyl halides is 2. The molecular formula is C6H2F3IN2O2. The van der Waals surface area contributed by atoms with Crippen molar-refractivity contribution in [3.05, 3.63) is 31.3 Å². The van der Waals surface area contributed by atoms with Gasteiger partial charge in [-0.2, -0.15) is 4.39 Å². The SMILES string of the molecule is O=[N+]([O-])c1ncc(I)c(C(F)F)c1F. The van der Waals surface area contributed by atoms with Crippen molar-refractivity contribution in [3.63, 3.8) is 0 Å². The Bertz CT molecular complexity index is 386. The molecule has 1 aromatic heterocycles. The summed E-state index contributed by atoms with van der Waals surface area (Å²) in [7, 11) is 0. The number of halogens is 4. The number of rotatable bonds is 2. The van der Waals surface area contributed by atoms with E-state index in [9.17, 15) is 23.3 Å². The van der Waals surface area contributed by atoms with Crippen LogP contribution in [0.3, 0.4) is 0 Å². The average Bonchev–Trinajstić information content (AvgIpc) is 2.02. The van der Waals surface area contributed by atoms with E-state index >= 15 is 0 Å². The van der Waals surface area contributed by atoms with E-state index in [4.69, 9.17) is 0 Å². The molecule has 1 rings (SSSR count). The number of hydrogen-bond acceptors (Lipinski definition) is 3. The van der Waals surface area contributed by atoms with Crippen molar-refractivity contribution < 1.29 is 18.1 Å². The summed E-state index contributed by atoms with van der Waals surface area (Å²) in [6.07, 6.45) is -2.26. The molecule has 1 heterocycles. The zero-order valence-corrected chi connectivity index (χ0v) is 8.53. The Morgan fingerprint density at radius 2 is 2.14 bits per heavy atom. The van der Waals surface area contributed by atoms with Crippen molar-refractivity contribution in [2.75, 3.05) is 0 Å². The highest BCUT2D eigenvalue weighted by Gasteiger charge is 2.27. The molecule has 1 aromatic rings. The van der Waals surface area contributed by atoms with Crippen LogP contribution in [0.2, 0.25) is 0 Å². The summed E-state index contributed by atoms with van der Waals surface area (Å²) >= 11 is 1.44. The fraction of sp³-hybridized carbons (Fsp3) is 0.167. The molecule has 0 aliphatic heterocycles. The van der Waals surface area contributed by atoms with E-state index in [0.29, 0.717) is 0 Å². The third kappa shape index (κ3) is 1.94. The molecule has 0 amide bonds. The maximum atomic E-state index is 13.0. The number of hydrogen-bond donors (Lipinski definition) is 0. The molecule has 14 heavy (non-hydrogen) atoms. The summed E-state index contributed by atoms with van der Waals surface area (Å²) in [4.78, 5) is 12.1. The lowest BCUT2D eigenvalue weighted by Gasteiger charge is -2.02. The molecule has 0 aliphatic rings. The van der Waals surface area contributed by atoms with E-state index < -0.39 is 28.5 Å². The zero-order valence-electron chi connectivity index (χ0n) is 6.38. The average molecular weight is 318 g/mol. The molecule has 0 spiro atoms. The Hall–Kier alpha value is -0.930. The van der Waals surface area contributed by atoms with Gasteiger partial charge in [-0.05, 0) is 32.5 Å². The van der Waals surface area contributed by atoms with E-state index in [-0.39, 0.29) is 3.57 Å². The highest BCUT2D eigenvalue weighted by Crippen LogP contribution is 2.30. The van der Waals surface area contributed by atoms with Crippen molar-refractivity contribution in [1.29, 1.82) is 0 Å². The first kappa shape index (κ1) is 11.1. The zero-order chi connectivity index (χ0) is 10.9. The minimum Gasteiger partial charge on any atom is -0.358 e. The number of aromatic nitrogens is 1. The predicted octanol–water partition coefficient (Wildman–Crippen LogP) is 2.67. The molecule has 0 bridgehead atoms. The molecule has 0 N–H and O–H groups in total. The van der Waals surface area contributed by atoms with Crippen LogP contribution >= 0.6 is 22.6 Å². The molecule has 8 heteroatoms. The van der Waals surface area contributed by atoms with E-state index in [0.717, 1.165) is 6.20 Å². The van der Waals surface area contributed by atoms with Crippen molar-refractivity contribution >= 4 is 28.4 Å². The second-order valence-corrected chi connectivity index (χ2v) is 3.38. The summed E-state index contributed by atoms with van der Waals surface area (Å²) in [6.45, 7) is 0. The van der Waals surface area contributed by atoms with Gasteiger partial charge < -0.3 is 10.1 Å². The van der Waals surface area contributed by atoms with E-state index in [1.165, 1.54) is 22.6 Å². The van der Waals surface area contributed by atoms with Crippen molar-refractivity contribution in [2.24, 2.45) is 0 Å². The lowest BCUT2D eigenvalue weighted by atomic mass is 10.2. The van der Waals surface area contributed by atoms with Gasteiger partial charge in [0.15, 0.2) is 6.20 Å². The van der Waals surface area contributed by atoms with Gasteiger partial charge in [-0.15, -0.1) is 0 Å². The standard InChI is InChI=1S/C6H2F3IN2O2/c7-4-3(5(8)9)2(10)1-11-6(4)12(13)14/h1,5H. The first-order valence-electron chi connectivity index (χ1n) is 3.21. The second-order valence-electron chi connectivity index (χ2n) is 2.22. The maximum Gasteiger partial charge on any atom is 0.400 e. The van der Waals surface area contributed by atoms with Crippen LogP contribution in [0.15, 0.2) is 6.20 Å². The Labute approximate surface area is 89.4 Å². The molecule has 0 aliphatic carbocycles. The van der Waals surface area contributed by atoms with Crippen LogP contribution in [-0.4, -0.2) is 9.91 Å². The van der Waals surface area contributed by atoms with Crippen LogP contribution < -0.4 is 0 Å². The number of pyridine rings is 1. The van der Waals surface area contributed by atoms with E-state index in [2.05, 4.69) is 4.98 Å². The van der Waals surface area contributed by atoms with Crippen molar-refractivity contribution in [3.8, 4) is 0 Å². The Balaban J connectivity index is 3.41. The maximum absolute atomic E-state index is 13.0. The summed E-state index contributed by atoms with van der Waals surface area (Å²) < 4.78 is 37.4. The molecule has 76 valence electrons.